The van der Waals surface area contributed by atoms with Crippen LogP contribution < -0.4 is 5.43 Å². The van der Waals surface area contributed by atoms with Gasteiger partial charge in [0.2, 0.25) is 5.43 Å². The second-order valence-electron chi connectivity index (χ2n) is 7.13. The number of hydrogen-bond donors (Lipinski definition) is 0. The molecule has 1 atom stereocenters. The number of pyridine rings is 1. The number of ether oxygens (including phenoxy) is 1. The van der Waals surface area contributed by atoms with Gasteiger partial charge in [-0.05, 0) is 31.2 Å². The summed E-state index contributed by atoms with van der Waals surface area (Å²) in [4.78, 5) is 34.0. The predicted octanol–water partition coefficient (Wildman–Crippen LogP) is 3.75. The van der Waals surface area contributed by atoms with Crippen LogP contribution in [0.1, 0.15) is 54.6 Å². The molecular formula is C22H23N3O3. The van der Waals surface area contributed by atoms with Crippen molar-refractivity contribution in [2.75, 3.05) is 6.61 Å². The monoisotopic (exact) mass is 377 g/mol. The lowest BCUT2D eigenvalue weighted by Gasteiger charge is -2.28. The quantitative estimate of drug-likeness (QED) is 0.633. The summed E-state index contributed by atoms with van der Waals surface area (Å²) < 4.78 is 7.08. The van der Waals surface area contributed by atoms with Crippen molar-refractivity contribution in [1.82, 2.24) is 14.5 Å². The molecule has 4 rings (SSSR count). The van der Waals surface area contributed by atoms with E-state index in [1.54, 1.807) is 19.3 Å². The average Bonchev–Trinajstić information content (AvgIpc) is 3.25. The molecule has 6 heteroatoms. The second kappa shape index (κ2) is 7.92. The standard InChI is InChI=1S/C22H23N3O3/c1-2-28-22(27)17-14-25(21-18(20(17)26)23-12-13-24-21)19(16-10-6-7-11-16)15-8-4-3-5-9-15/h3-5,8-9,12-14,16,19H,2,6-7,10-11H2,1H3. The Bertz CT molecular complexity index is 1040. The Labute approximate surface area is 163 Å². The lowest BCUT2D eigenvalue weighted by Crippen LogP contribution is -2.26. The van der Waals surface area contributed by atoms with E-state index in [2.05, 4.69) is 22.1 Å². The normalized spacial score (nSPS) is 15.6. The van der Waals surface area contributed by atoms with Crippen LogP contribution in [-0.2, 0) is 4.74 Å². The largest absolute Gasteiger partial charge is 0.462 e. The molecule has 144 valence electrons. The zero-order chi connectivity index (χ0) is 19.5. The van der Waals surface area contributed by atoms with E-state index in [4.69, 9.17) is 4.74 Å². The van der Waals surface area contributed by atoms with Gasteiger partial charge in [-0.25, -0.2) is 14.8 Å². The van der Waals surface area contributed by atoms with Gasteiger partial charge in [-0.15, -0.1) is 0 Å². The highest BCUT2D eigenvalue weighted by molar-refractivity contribution is 5.92. The third-order valence-corrected chi connectivity index (χ3v) is 5.43. The molecule has 6 nitrogen and oxygen atoms in total. The molecule has 1 aliphatic rings. The minimum atomic E-state index is -0.618. The Morgan fingerprint density at radius 1 is 1.18 bits per heavy atom. The van der Waals surface area contributed by atoms with Gasteiger partial charge in [-0.3, -0.25) is 4.79 Å². The summed E-state index contributed by atoms with van der Waals surface area (Å²) in [6.45, 7) is 1.93. The van der Waals surface area contributed by atoms with Crippen molar-refractivity contribution in [2.45, 2.75) is 38.6 Å². The van der Waals surface area contributed by atoms with Gasteiger partial charge >= 0.3 is 5.97 Å². The lowest BCUT2D eigenvalue weighted by atomic mass is 9.91. The van der Waals surface area contributed by atoms with Crippen LogP contribution in [0.3, 0.4) is 0 Å². The number of aromatic nitrogens is 3. The average molecular weight is 377 g/mol. The van der Waals surface area contributed by atoms with E-state index in [-0.39, 0.29) is 23.7 Å². The highest BCUT2D eigenvalue weighted by Crippen LogP contribution is 2.39. The van der Waals surface area contributed by atoms with Crippen molar-refractivity contribution in [3.63, 3.8) is 0 Å². The van der Waals surface area contributed by atoms with Gasteiger partial charge in [0.05, 0.1) is 12.6 Å². The highest BCUT2D eigenvalue weighted by Gasteiger charge is 2.30. The van der Waals surface area contributed by atoms with E-state index < -0.39 is 11.4 Å². The maximum absolute atomic E-state index is 12.9. The molecule has 0 saturated heterocycles. The predicted molar refractivity (Wildman–Crippen MR) is 106 cm³/mol. The zero-order valence-electron chi connectivity index (χ0n) is 15.9. The smallest absolute Gasteiger partial charge is 0.343 e. The Kier molecular flexibility index (Phi) is 5.19. The SMILES string of the molecule is CCOC(=O)c1cn(C(c2ccccc2)C2CCCC2)c2nccnc2c1=O. The van der Waals surface area contributed by atoms with Crippen LogP contribution in [0.4, 0.5) is 0 Å². The van der Waals surface area contributed by atoms with Crippen molar-refractivity contribution in [3.8, 4) is 0 Å². The number of carbonyl (C=O) groups is 1. The van der Waals surface area contributed by atoms with Gasteiger partial charge in [0, 0.05) is 18.6 Å². The molecule has 2 heterocycles. The summed E-state index contributed by atoms with van der Waals surface area (Å²) in [6.07, 6.45) is 9.25. The Morgan fingerprint density at radius 3 is 2.61 bits per heavy atom. The molecule has 1 unspecified atom stereocenters. The van der Waals surface area contributed by atoms with E-state index in [0.29, 0.717) is 11.6 Å². The molecule has 0 bridgehead atoms. The number of nitrogens with zero attached hydrogens (tertiary/aromatic N) is 3. The molecule has 0 amide bonds. The summed E-state index contributed by atoms with van der Waals surface area (Å²) >= 11 is 0. The summed E-state index contributed by atoms with van der Waals surface area (Å²) in [6, 6.07) is 10.2. The van der Waals surface area contributed by atoms with Gasteiger partial charge in [0.25, 0.3) is 0 Å². The first kappa shape index (κ1) is 18.3. The van der Waals surface area contributed by atoms with Crippen molar-refractivity contribution in [1.29, 1.82) is 0 Å². The molecule has 1 fully saturated rings. The number of esters is 1. The molecule has 0 radical (unpaired) electrons. The molecule has 0 spiro atoms. The lowest BCUT2D eigenvalue weighted by molar-refractivity contribution is 0.0524. The minimum Gasteiger partial charge on any atom is -0.462 e. The van der Waals surface area contributed by atoms with Gasteiger partial charge in [-0.1, -0.05) is 43.2 Å². The molecule has 28 heavy (non-hydrogen) atoms. The zero-order valence-corrected chi connectivity index (χ0v) is 15.9. The van der Waals surface area contributed by atoms with E-state index >= 15 is 0 Å². The first-order valence-corrected chi connectivity index (χ1v) is 9.78. The summed E-state index contributed by atoms with van der Waals surface area (Å²) in [7, 11) is 0. The molecule has 1 aromatic carbocycles. The van der Waals surface area contributed by atoms with Crippen LogP contribution in [0.5, 0.6) is 0 Å². The summed E-state index contributed by atoms with van der Waals surface area (Å²) in [5, 5.41) is 0. The molecule has 0 N–H and O–H groups in total. The number of fused-ring (bicyclic) bond motifs is 1. The first-order chi connectivity index (χ1) is 13.7. The Hall–Kier alpha value is -3.02. The highest BCUT2D eigenvalue weighted by atomic mass is 16.5. The van der Waals surface area contributed by atoms with E-state index in [9.17, 15) is 9.59 Å². The fraction of sp³-hybridized carbons (Fsp3) is 0.364. The van der Waals surface area contributed by atoms with Crippen molar-refractivity contribution in [2.24, 2.45) is 5.92 Å². The fourth-order valence-corrected chi connectivity index (χ4v) is 4.22. The number of rotatable bonds is 5. The third kappa shape index (κ3) is 3.30. The number of hydrogen-bond acceptors (Lipinski definition) is 5. The van der Waals surface area contributed by atoms with Gasteiger partial charge in [0.15, 0.2) is 11.2 Å². The summed E-state index contributed by atoms with van der Waals surface area (Å²) in [5.74, 6) is -0.211. The fourth-order valence-electron chi connectivity index (χ4n) is 4.22. The molecule has 2 aromatic heterocycles. The van der Waals surface area contributed by atoms with E-state index in [1.165, 1.54) is 19.0 Å². The van der Waals surface area contributed by atoms with Gasteiger partial charge in [0.1, 0.15) is 5.56 Å². The third-order valence-electron chi connectivity index (χ3n) is 5.43. The topological polar surface area (TPSA) is 74.1 Å². The molecule has 1 aliphatic carbocycles. The number of benzene rings is 1. The molecule has 0 aliphatic heterocycles. The Morgan fingerprint density at radius 2 is 1.89 bits per heavy atom. The van der Waals surface area contributed by atoms with Crippen LogP contribution in [0.15, 0.2) is 53.7 Å². The van der Waals surface area contributed by atoms with Crippen LogP contribution in [-0.4, -0.2) is 27.1 Å². The summed E-state index contributed by atoms with van der Waals surface area (Å²) in [5.41, 5.74) is 1.41. The number of carbonyl (C=O) groups excluding carboxylic acids is 1. The Balaban J connectivity index is 1.97. The van der Waals surface area contributed by atoms with Crippen LogP contribution in [0, 0.1) is 5.92 Å². The molecule has 1 saturated carbocycles. The van der Waals surface area contributed by atoms with E-state index in [0.717, 1.165) is 18.4 Å². The molecule has 3 aromatic rings. The van der Waals surface area contributed by atoms with Crippen LogP contribution >= 0.6 is 0 Å². The maximum Gasteiger partial charge on any atom is 0.343 e. The molecular weight excluding hydrogens is 354 g/mol. The van der Waals surface area contributed by atoms with Gasteiger partial charge in [-0.2, -0.15) is 0 Å². The maximum atomic E-state index is 12.9. The van der Waals surface area contributed by atoms with E-state index in [1.807, 2.05) is 22.8 Å². The van der Waals surface area contributed by atoms with Crippen molar-refractivity contribution in [3.05, 3.63) is 70.3 Å². The van der Waals surface area contributed by atoms with Crippen LogP contribution in [0.2, 0.25) is 0 Å². The second-order valence-corrected chi connectivity index (χ2v) is 7.13. The minimum absolute atomic E-state index is 0.00813. The van der Waals surface area contributed by atoms with Crippen molar-refractivity contribution < 1.29 is 9.53 Å². The first-order valence-electron chi connectivity index (χ1n) is 9.78. The van der Waals surface area contributed by atoms with Crippen LogP contribution in [0.25, 0.3) is 11.2 Å². The van der Waals surface area contributed by atoms with Crippen molar-refractivity contribution >= 4 is 17.1 Å². The van der Waals surface area contributed by atoms with Gasteiger partial charge < -0.3 is 9.30 Å².